The number of anilines is 1. The predicted octanol–water partition coefficient (Wildman–Crippen LogP) is 4.14. The molecule has 1 aliphatic heterocycles. The van der Waals surface area contributed by atoms with Gasteiger partial charge in [0.05, 0.1) is 25.2 Å². The van der Waals surface area contributed by atoms with E-state index < -0.39 is 41.0 Å². The molecule has 2 heterocycles. The largest absolute Gasteiger partial charge is 0.490 e. The van der Waals surface area contributed by atoms with E-state index in [0.717, 1.165) is 11.0 Å². The number of nitrogens with one attached hydrogen (secondary N) is 2. The topological polar surface area (TPSA) is 180 Å². The van der Waals surface area contributed by atoms with Gasteiger partial charge >= 0.3 is 17.7 Å². The second-order valence-corrected chi connectivity index (χ2v) is 8.97. The number of hydrogen-bond donors (Lipinski definition) is 2. The molecule has 1 aliphatic rings. The van der Waals surface area contributed by atoms with E-state index in [-0.39, 0.29) is 47.4 Å². The number of urea groups is 1. The molecule has 218 valence electrons. The number of esters is 1. The van der Waals surface area contributed by atoms with Crippen LogP contribution >= 0.6 is 11.6 Å². The summed E-state index contributed by atoms with van der Waals surface area (Å²) < 4.78 is 20.9. The lowest BCUT2D eigenvalue weighted by Gasteiger charge is -2.13. The van der Waals surface area contributed by atoms with Gasteiger partial charge in [0.2, 0.25) is 11.5 Å². The summed E-state index contributed by atoms with van der Waals surface area (Å²) in [6, 6.07) is 10.8. The Morgan fingerprint density at radius 2 is 1.88 bits per heavy atom. The molecule has 2 aromatic carbocycles. The Hall–Kier alpha value is -5.37. The van der Waals surface area contributed by atoms with Crippen LogP contribution in [0.5, 0.6) is 11.5 Å². The highest BCUT2D eigenvalue weighted by atomic mass is 35.5. The van der Waals surface area contributed by atoms with Crippen molar-refractivity contribution in [1.29, 1.82) is 0 Å². The van der Waals surface area contributed by atoms with Crippen LogP contribution in [0.1, 0.15) is 28.8 Å². The second-order valence-electron chi connectivity index (χ2n) is 8.54. The van der Waals surface area contributed by atoms with Crippen molar-refractivity contribution >= 4 is 52.9 Å². The standard InChI is InChI=1S/C27H23ClN4O10/c1-3-40-22-12-15(10-19-25(34)31(27(36)30-19)13-18-8-9-21(42-18)26(35)39-2)11-20(32(37)38)24(22)41-14-23(33)29-17-6-4-16(28)5-7-17/h4-12H,3,13-14H2,1-2H3,(H,29,33)(H,30,36)/b19-10-. The fraction of sp³-hybridized carbons (Fsp3) is 0.185. The Balaban J connectivity index is 1.54. The Kier molecular flexibility index (Phi) is 9.07. The summed E-state index contributed by atoms with van der Waals surface area (Å²) in [6.07, 6.45) is 1.23. The maximum atomic E-state index is 13.0. The summed E-state index contributed by atoms with van der Waals surface area (Å²) in [5.41, 5.74) is -0.124. The van der Waals surface area contributed by atoms with E-state index in [1.807, 2.05) is 0 Å². The van der Waals surface area contributed by atoms with E-state index in [1.54, 1.807) is 31.2 Å². The number of nitro groups is 1. The molecule has 2 N–H and O–H groups in total. The third-order valence-electron chi connectivity index (χ3n) is 5.67. The zero-order valence-electron chi connectivity index (χ0n) is 22.2. The quantitative estimate of drug-likeness (QED) is 0.107. The third kappa shape index (κ3) is 6.85. The molecule has 0 aliphatic carbocycles. The monoisotopic (exact) mass is 598 g/mol. The number of rotatable bonds is 11. The fourth-order valence-electron chi connectivity index (χ4n) is 3.81. The molecular formula is C27H23ClN4O10. The summed E-state index contributed by atoms with van der Waals surface area (Å²) >= 11 is 5.84. The lowest BCUT2D eigenvalue weighted by Crippen LogP contribution is -2.30. The minimum absolute atomic E-state index is 0.0580. The molecule has 4 rings (SSSR count). The van der Waals surface area contributed by atoms with Gasteiger partial charge in [0, 0.05) is 16.8 Å². The molecule has 0 unspecified atom stereocenters. The van der Waals surface area contributed by atoms with Crippen molar-refractivity contribution in [3.63, 3.8) is 0 Å². The predicted molar refractivity (Wildman–Crippen MR) is 147 cm³/mol. The Morgan fingerprint density at radius 1 is 1.14 bits per heavy atom. The molecule has 14 nitrogen and oxygen atoms in total. The van der Waals surface area contributed by atoms with Crippen LogP contribution in [0.2, 0.25) is 5.02 Å². The van der Waals surface area contributed by atoms with Crippen LogP contribution in [0.15, 0.2) is 58.6 Å². The van der Waals surface area contributed by atoms with Gasteiger partial charge in [0.25, 0.3) is 11.8 Å². The average Bonchev–Trinajstić information content (AvgIpc) is 3.53. The summed E-state index contributed by atoms with van der Waals surface area (Å²) in [5, 5.41) is 17.4. The molecule has 0 saturated carbocycles. The number of halogens is 1. The summed E-state index contributed by atoms with van der Waals surface area (Å²) in [5.74, 6) is -2.35. The van der Waals surface area contributed by atoms with Crippen LogP contribution in [0.4, 0.5) is 16.2 Å². The number of nitrogens with zero attached hydrogens (tertiary/aromatic N) is 2. The smallest absolute Gasteiger partial charge is 0.373 e. The van der Waals surface area contributed by atoms with Crippen LogP contribution in [0, 0.1) is 10.1 Å². The van der Waals surface area contributed by atoms with E-state index in [2.05, 4.69) is 15.4 Å². The van der Waals surface area contributed by atoms with E-state index in [4.69, 9.17) is 25.5 Å². The first-order valence-electron chi connectivity index (χ1n) is 12.2. The number of furan rings is 1. The van der Waals surface area contributed by atoms with Crippen molar-refractivity contribution in [2.24, 2.45) is 0 Å². The van der Waals surface area contributed by atoms with Crippen LogP contribution in [0.25, 0.3) is 6.08 Å². The van der Waals surface area contributed by atoms with Crippen molar-refractivity contribution in [2.45, 2.75) is 13.5 Å². The van der Waals surface area contributed by atoms with Crippen molar-refractivity contribution in [3.05, 3.63) is 86.4 Å². The van der Waals surface area contributed by atoms with Crippen molar-refractivity contribution < 1.29 is 42.7 Å². The average molecular weight is 599 g/mol. The molecule has 0 radical (unpaired) electrons. The Labute approximate surface area is 242 Å². The first kappa shape index (κ1) is 29.6. The zero-order valence-corrected chi connectivity index (χ0v) is 22.9. The molecule has 42 heavy (non-hydrogen) atoms. The van der Waals surface area contributed by atoms with Crippen molar-refractivity contribution in [2.75, 3.05) is 25.6 Å². The van der Waals surface area contributed by atoms with Gasteiger partial charge in [-0.25, -0.2) is 9.59 Å². The van der Waals surface area contributed by atoms with E-state index in [1.165, 1.54) is 31.4 Å². The minimum atomic E-state index is -0.770. The SMILES string of the molecule is CCOc1cc(/C=C2\NC(=O)N(Cc3ccc(C(=O)OC)o3)C2=O)cc([N+](=O)[O-])c1OCC(=O)Nc1ccc(Cl)cc1. The lowest BCUT2D eigenvalue weighted by molar-refractivity contribution is -0.385. The van der Waals surface area contributed by atoms with Gasteiger partial charge in [-0.15, -0.1) is 0 Å². The number of hydrogen-bond acceptors (Lipinski definition) is 10. The molecule has 15 heteroatoms. The molecule has 1 fully saturated rings. The number of nitro benzene ring substituents is 1. The van der Waals surface area contributed by atoms with Crippen LogP contribution < -0.4 is 20.1 Å². The first-order chi connectivity index (χ1) is 20.1. The molecule has 4 amide bonds. The minimum Gasteiger partial charge on any atom is -0.490 e. The second kappa shape index (κ2) is 12.9. The number of carbonyl (C=O) groups excluding carboxylic acids is 4. The highest BCUT2D eigenvalue weighted by Crippen LogP contribution is 2.39. The summed E-state index contributed by atoms with van der Waals surface area (Å²) in [7, 11) is 1.18. The van der Waals surface area contributed by atoms with Crippen LogP contribution in [0.3, 0.4) is 0 Å². The fourth-order valence-corrected chi connectivity index (χ4v) is 3.94. The van der Waals surface area contributed by atoms with E-state index in [9.17, 15) is 29.3 Å². The Bertz CT molecular complexity index is 1580. The molecular weight excluding hydrogens is 576 g/mol. The third-order valence-corrected chi connectivity index (χ3v) is 5.92. The van der Waals surface area contributed by atoms with Crippen LogP contribution in [-0.2, 0) is 20.9 Å². The highest BCUT2D eigenvalue weighted by molar-refractivity contribution is 6.30. The van der Waals surface area contributed by atoms with Crippen molar-refractivity contribution in [3.8, 4) is 11.5 Å². The van der Waals surface area contributed by atoms with Gasteiger partial charge in [-0.1, -0.05) is 11.6 Å². The molecule has 0 spiro atoms. The first-order valence-corrected chi connectivity index (χ1v) is 12.6. The normalized spacial score (nSPS) is 13.6. The van der Waals surface area contributed by atoms with Gasteiger partial charge in [-0.2, -0.15) is 0 Å². The van der Waals surface area contributed by atoms with Gasteiger partial charge in [0.15, 0.2) is 12.4 Å². The molecule has 0 bridgehead atoms. The zero-order chi connectivity index (χ0) is 30.4. The lowest BCUT2D eigenvalue weighted by atomic mass is 10.1. The number of methoxy groups -OCH3 is 1. The maximum absolute atomic E-state index is 13.0. The summed E-state index contributed by atoms with van der Waals surface area (Å²) in [6.45, 7) is 0.893. The maximum Gasteiger partial charge on any atom is 0.373 e. The Morgan fingerprint density at radius 3 is 2.55 bits per heavy atom. The van der Waals surface area contributed by atoms with Gasteiger partial charge < -0.3 is 29.3 Å². The van der Waals surface area contributed by atoms with Gasteiger partial charge in [-0.05, 0) is 61.0 Å². The highest BCUT2D eigenvalue weighted by Gasteiger charge is 2.35. The number of ether oxygens (including phenoxy) is 3. The number of carbonyl (C=O) groups is 4. The van der Waals surface area contributed by atoms with E-state index in [0.29, 0.717) is 10.7 Å². The van der Waals surface area contributed by atoms with Gasteiger partial charge in [-0.3, -0.25) is 24.6 Å². The molecule has 0 atom stereocenters. The van der Waals surface area contributed by atoms with E-state index >= 15 is 0 Å². The molecule has 1 aromatic heterocycles. The molecule has 1 saturated heterocycles. The summed E-state index contributed by atoms with van der Waals surface area (Å²) in [4.78, 5) is 61.5. The van der Waals surface area contributed by atoms with Gasteiger partial charge in [0.1, 0.15) is 11.5 Å². The molecule has 3 aromatic rings. The van der Waals surface area contributed by atoms with Crippen LogP contribution in [-0.4, -0.2) is 54.0 Å². The van der Waals surface area contributed by atoms with Crippen molar-refractivity contribution in [1.82, 2.24) is 10.2 Å². The number of imide groups is 1. The number of amides is 4. The number of benzene rings is 2.